The summed E-state index contributed by atoms with van der Waals surface area (Å²) in [6.07, 6.45) is 0. The normalized spacial score (nSPS) is 19.5. The fourth-order valence-electron chi connectivity index (χ4n) is 3.02. The third-order valence-electron chi connectivity index (χ3n) is 4.48. The number of nitrogen functional groups attached to an aromatic ring is 1. The van der Waals surface area contributed by atoms with Crippen molar-refractivity contribution in [2.45, 2.75) is 6.92 Å². The number of anilines is 3. The number of hydrogen-bond donors (Lipinski definition) is 1. The minimum Gasteiger partial charge on any atom is -0.378 e. The van der Waals surface area contributed by atoms with Crippen LogP contribution in [-0.4, -0.2) is 78.8 Å². The summed E-state index contributed by atoms with van der Waals surface area (Å²) in [5.74, 6) is 0.684. The van der Waals surface area contributed by atoms with Crippen molar-refractivity contribution in [1.82, 2.24) is 14.9 Å². The third kappa shape index (κ3) is 3.34. The molecule has 0 saturated carbocycles. The van der Waals surface area contributed by atoms with Gasteiger partial charge in [-0.15, -0.1) is 0 Å². The molecule has 10 nitrogen and oxygen atoms in total. The van der Waals surface area contributed by atoms with Crippen LogP contribution in [0.25, 0.3) is 0 Å². The van der Waals surface area contributed by atoms with E-state index < -0.39 is 4.92 Å². The number of piperazine rings is 1. The molecule has 0 atom stereocenters. The predicted octanol–water partition coefficient (Wildman–Crippen LogP) is -0.0545. The Morgan fingerprint density at radius 2 is 1.79 bits per heavy atom. The maximum absolute atomic E-state index is 11.5. The van der Waals surface area contributed by atoms with Crippen LogP contribution in [0, 0.1) is 10.1 Å². The van der Waals surface area contributed by atoms with Crippen molar-refractivity contribution < 1.29 is 9.66 Å². The number of nitrogens with two attached hydrogens (primary N) is 1. The van der Waals surface area contributed by atoms with Crippen LogP contribution >= 0.6 is 0 Å². The molecule has 24 heavy (non-hydrogen) atoms. The number of aromatic nitrogens is 2. The first-order valence-corrected chi connectivity index (χ1v) is 8.22. The van der Waals surface area contributed by atoms with E-state index in [0.717, 1.165) is 19.6 Å². The Labute approximate surface area is 140 Å². The molecule has 2 aliphatic rings. The summed E-state index contributed by atoms with van der Waals surface area (Å²) in [7, 11) is 0. The molecule has 1 aromatic rings. The van der Waals surface area contributed by atoms with E-state index in [2.05, 4.69) is 21.8 Å². The molecule has 2 N–H and O–H groups in total. The first-order valence-electron chi connectivity index (χ1n) is 8.22. The summed E-state index contributed by atoms with van der Waals surface area (Å²) in [6.45, 7) is 8.64. The molecule has 0 radical (unpaired) electrons. The number of hydrogen-bond acceptors (Lipinski definition) is 9. The van der Waals surface area contributed by atoms with Gasteiger partial charge in [0.15, 0.2) is 0 Å². The van der Waals surface area contributed by atoms with E-state index in [0.29, 0.717) is 51.2 Å². The van der Waals surface area contributed by atoms with Crippen LogP contribution in [0.4, 0.5) is 23.3 Å². The zero-order valence-corrected chi connectivity index (χ0v) is 13.8. The summed E-state index contributed by atoms with van der Waals surface area (Å²) in [4.78, 5) is 25.8. The second-order valence-corrected chi connectivity index (χ2v) is 5.86. The summed E-state index contributed by atoms with van der Waals surface area (Å²) in [6, 6.07) is 0. The minimum atomic E-state index is -0.486. The van der Waals surface area contributed by atoms with Crippen molar-refractivity contribution in [2.75, 3.05) is 74.6 Å². The van der Waals surface area contributed by atoms with Crippen LogP contribution in [0.2, 0.25) is 0 Å². The minimum absolute atomic E-state index is 0.0792. The molecular weight excluding hydrogens is 314 g/mol. The maximum Gasteiger partial charge on any atom is 0.353 e. The third-order valence-corrected chi connectivity index (χ3v) is 4.48. The van der Waals surface area contributed by atoms with E-state index in [-0.39, 0.29) is 11.5 Å². The Morgan fingerprint density at radius 3 is 2.38 bits per heavy atom. The van der Waals surface area contributed by atoms with Crippen LogP contribution in [0.1, 0.15) is 6.92 Å². The molecule has 132 valence electrons. The fraction of sp³-hybridized carbons (Fsp3) is 0.714. The molecule has 3 rings (SSSR count). The van der Waals surface area contributed by atoms with Gasteiger partial charge >= 0.3 is 5.69 Å². The van der Waals surface area contributed by atoms with Gasteiger partial charge in [-0.3, -0.25) is 10.1 Å². The van der Waals surface area contributed by atoms with Crippen LogP contribution in [-0.2, 0) is 4.74 Å². The zero-order valence-electron chi connectivity index (χ0n) is 13.8. The molecule has 0 aromatic carbocycles. The van der Waals surface area contributed by atoms with Gasteiger partial charge in [-0.1, -0.05) is 6.92 Å². The Kier molecular flexibility index (Phi) is 4.95. The van der Waals surface area contributed by atoms with E-state index in [9.17, 15) is 10.1 Å². The lowest BCUT2D eigenvalue weighted by Crippen LogP contribution is -2.47. The van der Waals surface area contributed by atoms with Gasteiger partial charge in [0, 0.05) is 39.3 Å². The first kappa shape index (κ1) is 16.7. The lowest BCUT2D eigenvalue weighted by atomic mass is 10.3. The van der Waals surface area contributed by atoms with E-state index in [1.807, 2.05) is 9.80 Å². The standard InChI is InChI=1S/C14H23N7O3/c1-2-18-3-5-19(6-4-18)13-11(21(22)23)12(15)16-14(17-13)20-7-9-24-10-8-20/h2-10H2,1H3,(H2,15,16,17). The fourth-order valence-corrected chi connectivity index (χ4v) is 3.02. The highest BCUT2D eigenvalue weighted by molar-refractivity contribution is 5.71. The lowest BCUT2D eigenvalue weighted by molar-refractivity contribution is -0.383. The van der Waals surface area contributed by atoms with E-state index in [1.165, 1.54) is 0 Å². The second kappa shape index (κ2) is 7.14. The Balaban J connectivity index is 1.92. The average molecular weight is 337 g/mol. The van der Waals surface area contributed by atoms with Gasteiger partial charge in [0.05, 0.1) is 18.1 Å². The average Bonchev–Trinajstić information content (AvgIpc) is 2.61. The van der Waals surface area contributed by atoms with Gasteiger partial charge in [-0.05, 0) is 6.54 Å². The molecule has 3 heterocycles. The van der Waals surface area contributed by atoms with Crippen LogP contribution in [0.15, 0.2) is 0 Å². The van der Waals surface area contributed by atoms with Crippen molar-refractivity contribution in [3.05, 3.63) is 10.1 Å². The van der Waals surface area contributed by atoms with Crippen molar-refractivity contribution in [3.8, 4) is 0 Å². The van der Waals surface area contributed by atoms with Crippen LogP contribution in [0.5, 0.6) is 0 Å². The molecule has 0 unspecified atom stereocenters. The number of morpholine rings is 1. The molecular formula is C14H23N7O3. The summed E-state index contributed by atoms with van der Waals surface area (Å²) < 4.78 is 5.33. The molecule has 10 heteroatoms. The molecule has 0 spiro atoms. The first-order chi connectivity index (χ1) is 11.6. The smallest absolute Gasteiger partial charge is 0.353 e. The second-order valence-electron chi connectivity index (χ2n) is 5.86. The molecule has 0 amide bonds. The van der Waals surface area contributed by atoms with Crippen molar-refractivity contribution in [2.24, 2.45) is 0 Å². The number of ether oxygens (including phenoxy) is 1. The zero-order chi connectivity index (χ0) is 17.1. The van der Waals surface area contributed by atoms with Gasteiger partial charge in [-0.25, -0.2) is 0 Å². The van der Waals surface area contributed by atoms with Crippen LogP contribution < -0.4 is 15.5 Å². The van der Waals surface area contributed by atoms with Gasteiger partial charge in [0.2, 0.25) is 17.6 Å². The summed E-state index contributed by atoms with van der Waals surface area (Å²) >= 11 is 0. The summed E-state index contributed by atoms with van der Waals surface area (Å²) in [5, 5.41) is 11.5. The Morgan fingerprint density at radius 1 is 1.12 bits per heavy atom. The molecule has 0 aliphatic carbocycles. The monoisotopic (exact) mass is 337 g/mol. The van der Waals surface area contributed by atoms with Gasteiger partial charge in [-0.2, -0.15) is 9.97 Å². The molecule has 1 aromatic heterocycles. The highest BCUT2D eigenvalue weighted by Crippen LogP contribution is 2.33. The van der Waals surface area contributed by atoms with E-state index >= 15 is 0 Å². The van der Waals surface area contributed by atoms with E-state index in [4.69, 9.17) is 10.5 Å². The van der Waals surface area contributed by atoms with Gasteiger partial charge in [0.1, 0.15) is 0 Å². The molecule has 2 aliphatic heterocycles. The number of nitrogens with zero attached hydrogens (tertiary/aromatic N) is 6. The van der Waals surface area contributed by atoms with Crippen molar-refractivity contribution in [3.63, 3.8) is 0 Å². The topological polar surface area (TPSA) is 114 Å². The quantitative estimate of drug-likeness (QED) is 0.596. The molecule has 0 bridgehead atoms. The largest absolute Gasteiger partial charge is 0.378 e. The predicted molar refractivity (Wildman–Crippen MR) is 90.5 cm³/mol. The van der Waals surface area contributed by atoms with Crippen LogP contribution in [0.3, 0.4) is 0 Å². The maximum atomic E-state index is 11.5. The van der Waals surface area contributed by atoms with Gasteiger partial charge in [0.25, 0.3) is 0 Å². The number of likely N-dealkylation sites (N-methyl/N-ethyl adjacent to an activating group) is 1. The Bertz CT molecular complexity index is 598. The molecule has 2 fully saturated rings. The summed E-state index contributed by atoms with van der Waals surface area (Å²) in [5.41, 5.74) is 5.70. The van der Waals surface area contributed by atoms with Gasteiger partial charge < -0.3 is 25.2 Å². The van der Waals surface area contributed by atoms with Crippen molar-refractivity contribution in [1.29, 1.82) is 0 Å². The number of rotatable bonds is 4. The van der Waals surface area contributed by atoms with E-state index in [1.54, 1.807) is 0 Å². The SMILES string of the molecule is CCN1CCN(c2nc(N3CCOCC3)nc(N)c2[N+](=O)[O-])CC1. The highest BCUT2D eigenvalue weighted by Gasteiger charge is 2.30. The Hall–Kier alpha value is -2.20. The molecule has 2 saturated heterocycles. The number of nitro groups is 1. The lowest BCUT2D eigenvalue weighted by Gasteiger charge is -2.35. The highest BCUT2D eigenvalue weighted by atomic mass is 16.6. The van der Waals surface area contributed by atoms with Crippen molar-refractivity contribution >= 4 is 23.3 Å².